The number of hydrogen-bond acceptors (Lipinski definition) is 3. The first-order chi connectivity index (χ1) is 59.4. The van der Waals surface area contributed by atoms with Crippen molar-refractivity contribution in [3.05, 3.63) is 394 Å². The Morgan fingerprint density at radius 2 is 0.508 bits per heavy atom. The molecule has 1 aliphatic heterocycles. The summed E-state index contributed by atoms with van der Waals surface area (Å²) in [5.41, 5.74) is 37.5. The van der Waals surface area contributed by atoms with Crippen LogP contribution in [0.25, 0.3) is 220 Å². The van der Waals surface area contributed by atoms with Crippen molar-refractivity contribution in [2.75, 3.05) is 5.73 Å². The predicted molar refractivity (Wildman–Crippen MR) is 498 cm³/mol. The second kappa shape index (κ2) is 25.2. The fraction of sp³-hybridized carbons (Fsp3) is 0.0183. The number of hydrogen-bond donors (Lipinski definition) is 1. The number of para-hydroxylation sites is 10. The van der Waals surface area contributed by atoms with E-state index in [0.29, 0.717) is 11.7 Å². The quantitative estimate of drug-likeness (QED) is 0.148. The summed E-state index contributed by atoms with van der Waals surface area (Å²) in [7, 11) is 0. The van der Waals surface area contributed by atoms with Gasteiger partial charge in [0.25, 0.3) is 6.35 Å². The molecule has 1 unspecified atom stereocenters. The summed E-state index contributed by atoms with van der Waals surface area (Å²) in [4.78, 5) is 5.60. The molecule has 1 aliphatic rings. The van der Waals surface area contributed by atoms with E-state index in [1.807, 2.05) is 0 Å². The van der Waals surface area contributed by atoms with Crippen molar-refractivity contribution in [2.45, 2.75) is 13.3 Å². The van der Waals surface area contributed by atoms with Crippen LogP contribution in [0.3, 0.4) is 0 Å². The van der Waals surface area contributed by atoms with Crippen LogP contribution in [0.5, 0.6) is 0 Å². The van der Waals surface area contributed by atoms with Crippen molar-refractivity contribution in [2.24, 2.45) is 4.99 Å². The van der Waals surface area contributed by atoms with Gasteiger partial charge in [-0.05, 0) is 168 Å². The van der Waals surface area contributed by atoms with Crippen LogP contribution in [-0.4, -0.2) is 42.6 Å². The Morgan fingerprint density at radius 3 is 0.908 bits per heavy atom. The van der Waals surface area contributed by atoms with Gasteiger partial charge in [-0.1, -0.05) is 255 Å². The second-order valence-electron chi connectivity index (χ2n) is 31.9. The minimum Gasteiger partial charge on any atom is -0.419 e. The summed E-state index contributed by atoms with van der Waals surface area (Å²) in [6.07, 6.45) is -0.741. The molecule has 8 aromatic heterocycles. The smallest absolute Gasteiger partial charge is 0.305 e. The van der Waals surface area contributed by atoms with Crippen LogP contribution in [-0.2, 0) is 4.74 Å². The first kappa shape index (κ1) is 66.2. The minimum absolute atomic E-state index is 0.505. The molecule has 26 rings (SSSR count). The molecule has 11 heteroatoms. The lowest BCUT2D eigenvalue weighted by Gasteiger charge is -2.30. The standard InChI is InChI=1S/C109H70N10O/c1-66-77-40-14-20-46-91(77)112(71-30-6-2-7-31-71)100(66)107-99(110)88-45-19-25-51-96(88)119(107)109-111-108(120-109)118-95-50-24-18-44-81(95)85-57-59-87-90-65-70(53-61-98(90)115(105(87)106(85)118)74-36-12-5-13-37-74)69-52-60-97-89(64-69)86-58-56-84-80-43-17-23-49-94(80)117(103(84)104(86)114(97)73-34-10-4-11-35-73)76-39-27-29-68(63-76)67-28-26-38-75(62-67)116-93-48-22-16-42-79(93)83-55-54-82-78-41-15-21-47-92(78)113(101(82)102(83)116)72-32-8-3-9-33-72/h2-65,109H,110H2,1H3. The Hall–Kier alpha value is -16.1. The molecule has 0 fully saturated rings. The Balaban J connectivity index is 0.634. The van der Waals surface area contributed by atoms with Gasteiger partial charge in [0.05, 0.1) is 94.3 Å². The zero-order valence-corrected chi connectivity index (χ0v) is 65.0. The monoisotopic (exact) mass is 1530 g/mol. The van der Waals surface area contributed by atoms with Gasteiger partial charge in [-0.25, -0.2) is 0 Å². The number of nitrogens with zero attached hydrogens (tertiary/aromatic N) is 9. The molecule has 2 N–H and O–H groups in total. The van der Waals surface area contributed by atoms with Gasteiger partial charge < -0.3 is 37.9 Å². The molecule has 9 heterocycles. The lowest BCUT2D eigenvalue weighted by atomic mass is 10.00. The lowest BCUT2D eigenvalue weighted by Crippen LogP contribution is -2.32. The highest BCUT2D eigenvalue weighted by molar-refractivity contribution is 6.28. The van der Waals surface area contributed by atoms with Crippen molar-refractivity contribution >= 4 is 164 Å². The van der Waals surface area contributed by atoms with E-state index in [1.54, 1.807) is 0 Å². The fourth-order valence-corrected chi connectivity index (χ4v) is 20.6. The maximum absolute atomic E-state index is 7.47. The Kier molecular flexibility index (Phi) is 13.9. The summed E-state index contributed by atoms with van der Waals surface area (Å²) >= 11 is 0. The van der Waals surface area contributed by atoms with Gasteiger partial charge in [-0.3, -0.25) is 9.13 Å². The zero-order chi connectivity index (χ0) is 78.7. The van der Waals surface area contributed by atoms with Gasteiger partial charge >= 0.3 is 6.02 Å². The Labute approximate surface area is 686 Å². The normalized spacial score (nSPS) is 13.3. The van der Waals surface area contributed by atoms with E-state index in [9.17, 15) is 0 Å². The van der Waals surface area contributed by atoms with Gasteiger partial charge in [0.1, 0.15) is 0 Å². The van der Waals surface area contributed by atoms with E-state index in [-0.39, 0.29) is 0 Å². The minimum atomic E-state index is -0.741. The Morgan fingerprint density at radius 1 is 0.225 bits per heavy atom. The van der Waals surface area contributed by atoms with Gasteiger partial charge in [0.15, 0.2) is 0 Å². The first-order valence-corrected chi connectivity index (χ1v) is 41.1. The van der Waals surface area contributed by atoms with Crippen LogP contribution in [0.1, 0.15) is 11.9 Å². The van der Waals surface area contributed by atoms with Crippen molar-refractivity contribution < 1.29 is 4.74 Å². The van der Waals surface area contributed by atoms with E-state index in [1.165, 1.54) is 48.9 Å². The van der Waals surface area contributed by atoms with Crippen LogP contribution in [0, 0.1) is 6.92 Å². The highest BCUT2D eigenvalue weighted by Crippen LogP contribution is 2.51. The number of ether oxygens (including phenoxy) is 1. The van der Waals surface area contributed by atoms with E-state index < -0.39 is 6.35 Å². The summed E-state index contributed by atoms with van der Waals surface area (Å²) in [5.74, 6) is 0. The number of benzene rings is 17. The molecule has 0 saturated carbocycles. The molecule has 17 aromatic carbocycles. The molecule has 0 amide bonds. The van der Waals surface area contributed by atoms with Crippen molar-refractivity contribution in [1.29, 1.82) is 0 Å². The molecule has 120 heavy (non-hydrogen) atoms. The molecule has 1 atom stereocenters. The average molecular weight is 1540 g/mol. The van der Waals surface area contributed by atoms with Crippen LogP contribution >= 0.6 is 0 Å². The molecule has 562 valence electrons. The summed E-state index contributed by atoms with van der Waals surface area (Å²) < 4.78 is 26.5. The third kappa shape index (κ3) is 9.25. The van der Waals surface area contributed by atoms with Crippen LogP contribution in [0.15, 0.2) is 393 Å². The lowest BCUT2D eigenvalue weighted by molar-refractivity contribution is 0.0756. The summed E-state index contributed by atoms with van der Waals surface area (Å²) in [6.45, 7) is 2.20. The number of rotatable bonds is 10. The first-order valence-electron chi connectivity index (χ1n) is 41.1. The number of aliphatic imine (C=N–C) groups is 1. The van der Waals surface area contributed by atoms with Crippen LogP contribution in [0.4, 0.5) is 5.69 Å². The van der Waals surface area contributed by atoms with E-state index in [4.69, 9.17) is 15.5 Å². The molecule has 0 spiro atoms. The average Bonchev–Trinajstić information content (AvgIpc) is 1.52. The number of fused-ring (bicyclic) bond motifs is 23. The van der Waals surface area contributed by atoms with Gasteiger partial charge in [-0.2, -0.15) is 4.99 Å². The van der Waals surface area contributed by atoms with Crippen molar-refractivity contribution in [3.63, 3.8) is 0 Å². The number of aromatic nitrogens is 8. The van der Waals surface area contributed by atoms with E-state index in [0.717, 1.165) is 177 Å². The third-order valence-corrected chi connectivity index (χ3v) is 25.7. The van der Waals surface area contributed by atoms with Crippen molar-refractivity contribution in [3.8, 4) is 67.8 Å². The topological polar surface area (TPSA) is 87.1 Å². The molecular formula is C109H70N10O. The number of anilines is 1. The van der Waals surface area contributed by atoms with E-state index in [2.05, 4.69) is 432 Å². The van der Waals surface area contributed by atoms with E-state index >= 15 is 0 Å². The zero-order valence-electron chi connectivity index (χ0n) is 65.0. The molecule has 0 radical (unpaired) electrons. The fourth-order valence-electron chi connectivity index (χ4n) is 20.6. The number of nitrogen functional groups attached to an aromatic ring is 1. The highest BCUT2D eigenvalue weighted by Gasteiger charge is 2.37. The molecule has 0 saturated heterocycles. The number of nitrogens with two attached hydrogens (primary N) is 1. The molecule has 25 aromatic rings. The highest BCUT2D eigenvalue weighted by atomic mass is 16.6. The SMILES string of the molecule is Cc1c(-c2c(N)c3ccccc3n2C2N=C(n3c4ccccc4c4ccc5c6cc(-c7ccc8c(c7)c7ccc9c%10ccccc%10n(-c%10cccc(-c%11cccc(-n%12c%13ccccc%13c%13ccc%14c%15ccccc%15n(-c%15ccccc%15)c%14c%13%12)c%11)c%10)c9c7n8-c7ccccc7)ccc6n(-c6ccccc6)c5c43)O2)n(-c2ccccc2)c2ccccc12. The number of aryl methyl sites for hydroxylation is 1. The van der Waals surface area contributed by atoms with Crippen LogP contribution < -0.4 is 5.73 Å². The molecule has 11 nitrogen and oxygen atoms in total. The predicted octanol–water partition coefficient (Wildman–Crippen LogP) is 27.5. The molecule has 0 bridgehead atoms. The summed E-state index contributed by atoms with van der Waals surface area (Å²) in [6, 6.07) is 142. The largest absolute Gasteiger partial charge is 0.419 e. The van der Waals surface area contributed by atoms with Gasteiger partial charge in [0.2, 0.25) is 0 Å². The van der Waals surface area contributed by atoms with Crippen molar-refractivity contribution in [1.82, 2.24) is 36.5 Å². The maximum Gasteiger partial charge on any atom is 0.305 e. The molecular weight excluding hydrogens is 1470 g/mol. The van der Waals surface area contributed by atoms with Crippen LogP contribution in [0.2, 0.25) is 0 Å². The second-order valence-corrected chi connectivity index (χ2v) is 31.9. The maximum atomic E-state index is 7.47. The summed E-state index contributed by atoms with van der Waals surface area (Å²) in [5, 5.41) is 16.1. The van der Waals surface area contributed by atoms with Gasteiger partial charge in [0, 0.05) is 110 Å². The molecule has 0 aliphatic carbocycles. The van der Waals surface area contributed by atoms with Gasteiger partial charge in [-0.15, -0.1) is 0 Å². The Bertz CT molecular complexity index is 8720. The third-order valence-electron chi connectivity index (χ3n) is 25.7.